The summed E-state index contributed by atoms with van der Waals surface area (Å²) in [6, 6.07) is 12.9. The van der Waals surface area contributed by atoms with Crippen LogP contribution in [0.25, 0.3) is 0 Å². The highest BCUT2D eigenvalue weighted by molar-refractivity contribution is 5.96. The molecule has 0 saturated carbocycles. The first-order chi connectivity index (χ1) is 10.2. The van der Waals surface area contributed by atoms with Crippen molar-refractivity contribution < 1.29 is 14.3 Å². The van der Waals surface area contributed by atoms with E-state index in [2.05, 4.69) is 4.98 Å². The van der Waals surface area contributed by atoms with Gasteiger partial charge in [-0.25, -0.2) is 4.98 Å². The number of hydrogen-bond acceptors (Lipinski definition) is 4. The quantitative estimate of drug-likeness (QED) is 0.847. The van der Waals surface area contributed by atoms with Gasteiger partial charge in [-0.2, -0.15) is 0 Å². The number of amides is 1. The van der Waals surface area contributed by atoms with Crippen molar-refractivity contribution in [3.8, 4) is 5.88 Å². The van der Waals surface area contributed by atoms with Crippen LogP contribution in [-0.2, 0) is 9.53 Å². The van der Waals surface area contributed by atoms with E-state index in [1.165, 1.54) is 12.0 Å². The molecule has 0 aliphatic carbocycles. The van der Waals surface area contributed by atoms with Gasteiger partial charge in [-0.3, -0.25) is 4.79 Å². The van der Waals surface area contributed by atoms with Crippen LogP contribution in [0.4, 0.5) is 5.69 Å². The Labute approximate surface area is 124 Å². The number of pyridine rings is 1. The van der Waals surface area contributed by atoms with Crippen LogP contribution in [-0.4, -0.2) is 32.2 Å². The van der Waals surface area contributed by atoms with Crippen molar-refractivity contribution in [2.45, 2.75) is 6.10 Å². The van der Waals surface area contributed by atoms with Crippen molar-refractivity contribution >= 4 is 11.6 Å². The molecule has 1 aromatic heterocycles. The Balaban J connectivity index is 2.20. The number of aromatic nitrogens is 1. The maximum atomic E-state index is 12.6. The van der Waals surface area contributed by atoms with Crippen LogP contribution in [0.1, 0.15) is 11.7 Å². The molecule has 1 heterocycles. The minimum Gasteiger partial charge on any atom is -0.481 e. The summed E-state index contributed by atoms with van der Waals surface area (Å²) in [6.07, 6.45) is 0.951. The molecule has 0 spiro atoms. The number of carbonyl (C=O) groups excluding carboxylic acids is 1. The Morgan fingerprint density at radius 3 is 2.38 bits per heavy atom. The molecule has 0 aliphatic heterocycles. The SMILES string of the molecule is COc1ccc(N(C)C(=O)[C@H](OC)c2ccccc2)cn1. The van der Waals surface area contributed by atoms with E-state index in [-0.39, 0.29) is 5.91 Å². The Bertz CT molecular complexity index is 584. The highest BCUT2D eigenvalue weighted by Crippen LogP contribution is 2.22. The molecule has 0 bridgehead atoms. The first-order valence-corrected chi connectivity index (χ1v) is 6.52. The van der Waals surface area contributed by atoms with Crippen LogP contribution in [0, 0.1) is 0 Å². The van der Waals surface area contributed by atoms with Gasteiger partial charge in [0, 0.05) is 20.2 Å². The van der Waals surface area contributed by atoms with E-state index >= 15 is 0 Å². The van der Waals surface area contributed by atoms with E-state index < -0.39 is 6.10 Å². The van der Waals surface area contributed by atoms with Gasteiger partial charge in [0.05, 0.1) is 19.0 Å². The highest BCUT2D eigenvalue weighted by Gasteiger charge is 2.24. The fourth-order valence-corrected chi connectivity index (χ4v) is 2.00. The topological polar surface area (TPSA) is 51.7 Å². The zero-order valence-corrected chi connectivity index (χ0v) is 12.3. The fourth-order valence-electron chi connectivity index (χ4n) is 2.00. The number of anilines is 1. The number of nitrogens with zero attached hydrogens (tertiary/aromatic N) is 2. The van der Waals surface area contributed by atoms with Gasteiger partial charge < -0.3 is 14.4 Å². The standard InChI is InChI=1S/C16H18N2O3/c1-18(13-9-10-14(20-2)17-11-13)16(19)15(21-3)12-7-5-4-6-8-12/h4-11,15H,1-3H3/t15-/m1/s1. The summed E-state index contributed by atoms with van der Waals surface area (Å²) in [6.45, 7) is 0. The van der Waals surface area contributed by atoms with Gasteiger partial charge in [0.2, 0.25) is 5.88 Å². The Hall–Kier alpha value is -2.40. The number of likely N-dealkylation sites (N-methyl/N-ethyl adjacent to an activating group) is 1. The molecule has 5 heteroatoms. The van der Waals surface area contributed by atoms with E-state index in [4.69, 9.17) is 9.47 Å². The molecule has 0 saturated heterocycles. The summed E-state index contributed by atoms with van der Waals surface area (Å²) in [5.41, 5.74) is 1.50. The minimum atomic E-state index is -0.640. The molecule has 21 heavy (non-hydrogen) atoms. The lowest BCUT2D eigenvalue weighted by Crippen LogP contribution is -2.32. The molecule has 0 radical (unpaired) electrons. The lowest BCUT2D eigenvalue weighted by Gasteiger charge is -2.23. The van der Waals surface area contributed by atoms with Crippen LogP contribution in [0.5, 0.6) is 5.88 Å². The molecule has 0 unspecified atom stereocenters. The lowest BCUT2D eigenvalue weighted by molar-refractivity contribution is -0.128. The summed E-state index contributed by atoms with van der Waals surface area (Å²) in [4.78, 5) is 18.2. The second kappa shape index (κ2) is 6.85. The number of benzene rings is 1. The van der Waals surface area contributed by atoms with Crippen molar-refractivity contribution in [2.75, 3.05) is 26.2 Å². The maximum absolute atomic E-state index is 12.6. The summed E-state index contributed by atoms with van der Waals surface area (Å²) in [7, 11) is 4.77. The van der Waals surface area contributed by atoms with E-state index in [1.54, 1.807) is 32.5 Å². The fraction of sp³-hybridized carbons (Fsp3) is 0.250. The van der Waals surface area contributed by atoms with Crippen LogP contribution < -0.4 is 9.64 Å². The lowest BCUT2D eigenvalue weighted by atomic mass is 10.1. The molecule has 1 atom stereocenters. The van der Waals surface area contributed by atoms with Crippen molar-refractivity contribution in [3.63, 3.8) is 0 Å². The van der Waals surface area contributed by atoms with Gasteiger partial charge >= 0.3 is 0 Å². The van der Waals surface area contributed by atoms with Crippen LogP contribution in [0.15, 0.2) is 48.7 Å². The van der Waals surface area contributed by atoms with Crippen molar-refractivity contribution in [1.29, 1.82) is 0 Å². The molecular weight excluding hydrogens is 268 g/mol. The second-order valence-electron chi connectivity index (χ2n) is 4.48. The third-order valence-electron chi connectivity index (χ3n) is 3.21. The van der Waals surface area contributed by atoms with Gasteiger partial charge in [0.1, 0.15) is 0 Å². The predicted molar refractivity (Wildman–Crippen MR) is 80.4 cm³/mol. The van der Waals surface area contributed by atoms with Crippen LogP contribution >= 0.6 is 0 Å². The summed E-state index contributed by atoms with van der Waals surface area (Å²) in [5.74, 6) is 0.349. The summed E-state index contributed by atoms with van der Waals surface area (Å²) < 4.78 is 10.4. The number of carbonyl (C=O) groups is 1. The summed E-state index contributed by atoms with van der Waals surface area (Å²) in [5, 5.41) is 0. The third-order valence-corrected chi connectivity index (χ3v) is 3.21. The molecule has 1 aromatic carbocycles. The molecule has 2 rings (SSSR count). The largest absolute Gasteiger partial charge is 0.481 e. The molecule has 1 amide bonds. The van der Waals surface area contributed by atoms with Gasteiger partial charge in [0.15, 0.2) is 6.10 Å². The van der Waals surface area contributed by atoms with E-state index in [9.17, 15) is 4.79 Å². The molecule has 5 nitrogen and oxygen atoms in total. The zero-order valence-electron chi connectivity index (χ0n) is 12.3. The van der Waals surface area contributed by atoms with Crippen LogP contribution in [0.3, 0.4) is 0 Å². The highest BCUT2D eigenvalue weighted by atomic mass is 16.5. The van der Waals surface area contributed by atoms with Crippen LogP contribution in [0.2, 0.25) is 0 Å². The zero-order chi connectivity index (χ0) is 15.2. The van der Waals surface area contributed by atoms with Crippen molar-refractivity contribution in [2.24, 2.45) is 0 Å². The van der Waals surface area contributed by atoms with Crippen molar-refractivity contribution in [1.82, 2.24) is 4.98 Å². The smallest absolute Gasteiger partial charge is 0.260 e. The molecule has 2 aromatic rings. The minimum absolute atomic E-state index is 0.157. The van der Waals surface area contributed by atoms with Gasteiger partial charge in [0.25, 0.3) is 5.91 Å². The van der Waals surface area contributed by atoms with Gasteiger partial charge in [-0.1, -0.05) is 30.3 Å². The monoisotopic (exact) mass is 286 g/mol. The van der Waals surface area contributed by atoms with E-state index in [0.29, 0.717) is 11.6 Å². The number of methoxy groups -OCH3 is 2. The Morgan fingerprint density at radius 1 is 1.14 bits per heavy atom. The summed E-state index contributed by atoms with van der Waals surface area (Å²) >= 11 is 0. The Morgan fingerprint density at radius 2 is 1.86 bits per heavy atom. The molecule has 0 aliphatic rings. The predicted octanol–water partition coefficient (Wildman–Crippen LogP) is 2.44. The average molecular weight is 286 g/mol. The molecule has 110 valence electrons. The number of rotatable bonds is 5. The average Bonchev–Trinajstić information content (AvgIpc) is 2.56. The first kappa shape index (κ1) is 15.0. The number of ether oxygens (including phenoxy) is 2. The normalized spacial score (nSPS) is 11.8. The molecule has 0 N–H and O–H groups in total. The second-order valence-corrected chi connectivity index (χ2v) is 4.48. The van der Waals surface area contributed by atoms with Gasteiger partial charge in [-0.05, 0) is 11.6 Å². The third kappa shape index (κ3) is 3.38. The van der Waals surface area contributed by atoms with E-state index in [0.717, 1.165) is 5.56 Å². The number of hydrogen-bond donors (Lipinski definition) is 0. The van der Waals surface area contributed by atoms with E-state index in [1.807, 2.05) is 30.3 Å². The van der Waals surface area contributed by atoms with Gasteiger partial charge in [-0.15, -0.1) is 0 Å². The van der Waals surface area contributed by atoms with Crippen molar-refractivity contribution in [3.05, 3.63) is 54.2 Å². The molecule has 0 fully saturated rings. The Kier molecular flexibility index (Phi) is 4.90. The molecular formula is C16H18N2O3. The first-order valence-electron chi connectivity index (χ1n) is 6.52. The maximum Gasteiger partial charge on any atom is 0.260 e.